The molecular weight excluding hydrogens is 168 g/mol. The molecule has 0 radical (unpaired) electrons. The molecule has 0 aliphatic carbocycles. The van der Waals surface area contributed by atoms with Crippen molar-refractivity contribution < 1.29 is 0 Å². The molecule has 0 aromatic rings. The number of alkyl halides is 1. The van der Waals surface area contributed by atoms with Crippen molar-refractivity contribution in [1.29, 1.82) is 0 Å². The van der Waals surface area contributed by atoms with E-state index in [2.05, 4.69) is 34.3 Å². The van der Waals surface area contributed by atoms with Gasteiger partial charge in [-0.15, -0.1) is 11.6 Å². The molecule has 0 fully saturated rings. The molecule has 0 spiro atoms. The number of hydrogen-bond donors (Lipinski definition) is 0. The quantitative estimate of drug-likeness (QED) is 0.444. The van der Waals surface area contributed by atoms with E-state index in [0.717, 1.165) is 19.3 Å². The molecular formula is C11H21Cl. The minimum Gasteiger partial charge on any atom is -0.123 e. The van der Waals surface area contributed by atoms with E-state index < -0.39 is 0 Å². The Morgan fingerprint density at radius 2 is 2.00 bits per heavy atom. The van der Waals surface area contributed by atoms with Gasteiger partial charge in [-0.25, -0.2) is 0 Å². The van der Waals surface area contributed by atoms with Crippen LogP contribution in [0.3, 0.4) is 0 Å². The van der Waals surface area contributed by atoms with Crippen molar-refractivity contribution >= 4 is 11.6 Å². The van der Waals surface area contributed by atoms with Gasteiger partial charge in [0.1, 0.15) is 0 Å². The Morgan fingerprint density at radius 3 is 2.33 bits per heavy atom. The molecule has 1 unspecified atom stereocenters. The van der Waals surface area contributed by atoms with Gasteiger partial charge in [0.2, 0.25) is 0 Å². The maximum atomic E-state index is 5.96. The van der Waals surface area contributed by atoms with E-state index in [4.69, 9.17) is 11.6 Å². The lowest BCUT2D eigenvalue weighted by Crippen LogP contribution is -2.16. The third-order valence-corrected chi connectivity index (χ3v) is 2.22. The fourth-order valence-corrected chi connectivity index (χ4v) is 2.05. The van der Waals surface area contributed by atoms with Crippen LogP contribution in [-0.2, 0) is 0 Å². The second-order valence-corrected chi connectivity index (χ2v) is 5.17. The van der Waals surface area contributed by atoms with E-state index >= 15 is 0 Å². The normalized spacial score (nSPS) is 14.4. The minimum atomic E-state index is 0.268. The van der Waals surface area contributed by atoms with Crippen LogP contribution in [0.25, 0.3) is 0 Å². The molecule has 0 rings (SSSR count). The molecule has 0 saturated heterocycles. The van der Waals surface area contributed by atoms with Crippen molar-refractivity contribution in [3.05, 3.63) is 12.2 Å². The van der Waals surface area contributed by atoms with Crippen LogP contribution in [-0.4, -0.2) is 5.38 Å². The van der Waals surface area contributed by atoms with Gasteiger partial charge in [0.15, 0.2) is 0 Å². The summed E-state index contributed by atoms with van der Waals surface area (Å²) in [6, 6.07) is 0. The van der Waals surface area contributed by atoms with Gasteiger partial charge in [-0.2, -0.15) is 0 Å². The number of hydrogen-bond acceptors (Lipinski definition) is 0. The second kappa shape index (κ2) is 4.91. The van der Waals surface area contributed by atoms with Crippen molar-refractivity contribution in [1.82, 2.24) is 0 Å². The Hall–Kier alpha value is 0.0300. The summed E-state index contributed by atoms with van der Waals surface area (Å²) in [5.74, 6) is 0. The van der Waals surface area contributed by atoms with Gasteiger partial charge in [0, 0.05) is 5.38 Å². The smallest absolute Gasteiger partial charge is 0.0313 e. The zero-order valence-electron chi connectivity index (χ0n) is 8.78. The standard InChI is InChI=1S/C11H21Cl/c1-6-9(2)7-11(4,5)8-10(3)12/h10H,2,6-8H2,1,3-5H3. The molecule has 0 aromatic heterocycles. The Labute approximate surface area is 82.0 Å². The van der Waals surface area contributed by atoms with Crippen LogP contribution in [0.4, 0.5) is 0 Å². The molecule has 1 heteroatoms. The van der Waals surface area contributed by atoms with Crippen molar-refractivity contribution in [2.45, 2.75) is 52.3 Å². The largest absolute Gasteiger partial charge is 0.123 e. The molecule has 0 amide bonds. The van der Waals surface area contributed by atoms with Crippen LogP contribution in [0.15, 0.2) is 12.2 Å². The Kier molecular flexibility index (Phi) is 4.92. The van der Waals surface area contributed by atoms with Crippen LogP contribution in [0, 0.1) is 5.41 Å². The van der Waals surface area contributed by atoms with Crippen molar-refractivity contribution in [3.8, 4) is 0 Å². The lowest BCUT2D eigenvalue weighted by atomic mass is 9.81. The van der Waals surface area contributed by atoms with Crippen LogP contribution in [0.2, 0.25) is 0 Å². The van der Waals surface area contributed by atoms with Gasteiger partial charge >= 0.3 is 0 Å². The molecule has 1 atom stereocenters. The fourth-order valence-electron chi connectivity index (χ4n) is 1.64. The lowest BCUT2D eigenvalue weighted by molar-refractivity contribution is 0.328. The maximum absolute atomic E-state index is 5.96. The number of allylic oxidation sites excluding steroid dienone is 1. The highest BCUT2D eigenvalue weighted by molar-refractivity contribution is 6.20. The first-order valence-corrected chi connectivity index (χ1v) is 5.12. The van der Waals surface area contributed by atoms with Crippen LogP contribution in [0.5, 0.6) is 0 Å². The van der Waals surface area contributed by atoms with Gasteiger partial charge in [-0.3, -0.25) is 0 Å². The molecule has 0 aromatic carbocycles. The molecule has 0 N–H and O–H groups in total. The Morgan fingerprint density at radius 1 is 1.50 bits per heavy atom. The van der Waals surface area contributed by atoms with E-state index in [9.17, 15) is 0 Å². The summed E-state index contributed by atoms with van der Waals surface area (Å²) in [5.41, 5.74) is 1.64. The predicted molar refractivity (Wildman–Crippen MR) is 57.8 cm³/mol. The van der Waals surface area contributed by atoms with Crippen molar-refractivity contribution in [2.75, 3.05) is 0 Å². The molecule has 0 heterocycles. The minimum absolute atomic E-state index is 0.268. The molecule has 0 bridgehead atoms. The van der Waals surface area contributed by atoms with Crippen molar-refractivity contribution in [2.24, 2.45) is 5.41 Å². The third kappa shape index (κ3) is 5.65. The van der Waals surface area contributed by atoms with Crippen LogP contribution in [0.1, 0.15) is 47.0 Å². The van der Waals surface area contributed by atoms with Gasteiger partial charge in [-0.1, -0.05) is 32.9 Å². The summed E-state index contributed by atoms with van der Waals surface area (Å²) in [5, 5.41) is 0.268. The maximum Gasteiger partial charge on any atom is 0.0313 e. The zero-order chi connectivity index (χ0) is 9.78. The first kappa shape index (κ1) is 12.0. The highest BCUT2D eigenvalue weighted by Crippen LogP contribution is 2.32. The molecule has 0 aliphatic rings. The lowest BCUT2D eigenvalue weighted by Gasteiger charge is -2.26. The first-order chi connectivity index (χ1) is 5.37. The van der Waals surface area contributed by atoms with Gasteiger partial charge in [0.05, 0.1) is 0 Å². The first-order valence-electron chi connectivity index (χ1n) is 4.68. The highest BCUT2D eigenvalue weighted by Gasteiger charge is 2.20. The van der Waals surface area contributed by atoms with E-state index in [0.29, 0.717) is 5.41 Å². The monoisotopic (exact) mass is 188 g/mol. The van der Waals surface area contributed by atoms with Gasteiger partial charge in [0.25, 0.3) is 0 Å². The van der Waals surface area contributed by atoms with Crippen molar-refractivity contribution in [3.63, 3.8) is 0 Å². The molecule has 0 aliphatic heterocycles. The predicted octanol–water partition coefficient (Wildman–Crippen LogP) is 4.39. The molecule has 12 heavy (non-hydrogen) atoms. The van der Waals surface area contributed by atoms with Gasteiger partial charge < -0.3 is 0 Å². The summed E-state index contributed by atoms with van der Waals surface area (Å²) in [7, 11) is 0. The fraction of sp³-hybridized carbons (Fsp3) is 0.818. The number of rotatable bonds is 5. The molecule has 0 saturated carbocycles. The van der Waals surface area contributed by atoms with E-state index in [1.807, 2.05) is 0 Å². The van der Waals surface area contributed by atoms with E-state index in [1.54, 1.807) is 0 Å². The molecule has 72 valence electrons. The van der Waals surface area contributed by atoms with Crippen LogP contribution < -0.4 is 0 Å². The summed E-state index contributed by atoms with van der Waals surface area (Å²) in [6.45, 7) is 12.7. The van der Waals surface area contributed by atoms with E-state index in [-0.39, 0.29) is 5.38 Å². The highest BCUT2D eigenvalue weighted by atomic mass is 35.5. The summed E-state index contributed by atoms with van der Waals surface area (Å²) in [4.78, 5) is 0. The third-order valence-electron chi connectivity index (χ3n) is 2.06. The summed E-state index contributed by atoms with van der Waals surface area (Å²) in [6.07, 6.45) is 3.24. The summed E-state index contributed by atoms with van der Waals surface area (Å²) >= 11 is 5.96. The average Bonchev–Trinajstić information content (AvgIpc) is 1.83. The van der Waals surface area contributed by atoms with Crippen LogP contribution >= 0.6 is 11.6 Å². The zero-order valence-corrected chi connectivity index (χ0v) is 9.54. The summed E-state index contributed by atoms with van der Waals surface area (Å²) < 4.78 is 0. The van der Waals surface area contributed by atoms with E-state index in [1.165, 1.54) is 5.57 Å². The topological polar surface area (TPSA) is 0 Å². The second-order valence-electron chi connectivity index (χ2n) is 4.43. The SMILES string of the molecule is C=C(CC)CC(C)(C)CC(C)Cl. The Bertz CT molecular complexity index is 145. The Balaban J connectivity index is 3.94. The average molecular weight is 189 g/mol. The molecule has 0 nitrogen and oxygen atoms in total. The number of halogens is 1. The van der Waals surface area contributed by atoms with Gasteiger partial charge in [-0.05, 0) is 31.6 Å².